The van der Waals surface area contributed by atoms with E-state index in [2.05, 4.69) is 6.92 Å². The third-order valence-electron chi connectivity index (χ3n) is 6.45. The fraction of sp³-hybridized carbons (Fsp3) is 0.481. The number of likely N-dealkylation sites (N-methyl/N-ethyl adjacent to an activating group) is 1. The van der Waals surface area contributed by atoms with Gasteiger partial charge in [-0.3, -0.25) is 9.59 Å². The standard InChI is InChI=1S/C27H36N2O5/c1-6-7-8-9-14-29-18-25(30)28(2)22(27(29)31)15-19-10-12-20(13-11-19)21-16-23(32-3)26(34-5)24(17-21)33-4/h10-13,16-17,22H,6-9,14-15,18H2,1-5H3/t22-/m1/s1. The van der Waals surface area contributed by atoms with Crippen molar-refractivity contribution in [3.63, 3.8) is 0 Å². The number of piperazine rings is 1. The van der Waals surface area contributed by atoms with E-state index in [1.165, 1.54) is 0 Å². The van der Waals surface area contributed by atoms with E-state index in [0.29, 0.717) is 30.2 Å². The van der Waals surface area contributed by atoms with E-state index in [9.17, 15) is 9.59 Å². The molecular weight excluding hydrogens is 432 g/mol. The minimum absolute atomic E-state index is 0.00543. The average Bonchev–Trinajstić information content (AvgIpc) is 2.86. The molecule has 2 amide bonds. The molecule has 1 atom stereocenters. The molecule has 184 valence electrons. The van der Waals surface area contributed by atoms with Gasteiger partial charge < -0.3 is 24.0 Å². The number of nitrogens with zero attached hydrogens (tertiary/aromatic N) is 2. The van der Waals surface area contributed by atoms with Crippen LogP contribution >= 0.6 is 0 Å². The first kappa shape index (κ1) is 25.4. The first-order valence-corrected chi connectivity index (χ1v) is 11.9. The molecule has 0 N–H and O–H groups in total. The molecule has 2 aromatic carbocycles. The van der Waals surface area contributed by atoms with Crippen molar-refractivity contribution >= 4 is 11.8 Å². The summed E-state index contributed by atoms with van der Waals surface area (Å²) in [6, 6.07) is 11.4. The van der Waals surface area contributed by atoms with Crippen LogP contribution in [0.3, 0.4) is 0 Å². The van der Waals surface area contributed by atoms with Crippen LogP contribution in [0.15, 0.2) is 36.4 Å². The van der Waals surface area contributed by atoms with Crippen LogP contribution in [0.1, 0.15) is 38.2 Å². The predicted molar refractivity (Wildman–Crippen MR) is 133 cm³/mol. The van der Waals surface area contributed by atoms with Crippen molar-refractivity contribution in [2.75, 3.05) is 41.5 Å². The van der Waals surface area contributed by atoms with Crippen molar-refractivity contribution in [2.45, 2.75) is 45.1 Å². The zero-order chi connectivity index (χ0) is 24.7. The highest BCUT2D eigenvalue weighted by Crippen LogP contribution is 2.41. The van der Waals surface area contributed by atoms with Crippen molar-refractivity contribution < 1.29 is 23.8 Å². The number of hydrogen-bond acceptors (Lipinski definition) is 5. The molecule has 1 aliphatic rings. The first-order valence-electron chi connectivity index (χ1n) is 11.9. The largest absolute Gasteiger partial charge is 0.493 e. The lowest BCUT2D eigenvalue weighted by atomic mass is 9.98. The van der Waals surface area contributed by atoms with Crippen LogP contribution in [0.2, 0.25) is 0 Å². The molecule has 1 heterocycles. The molecule has 0 radical (unpaired) electrons. The van der Waals surface area contributed by atoms with E-state index in [1.54, 1.807) is 38.2 Å². The van der Waals surface area contributed by atoms with Crippen molar-refractivity contribution in [1.82, 2.24) is 9.80 Å². The number of rotatable bonds is 11. The lowest BCUT2D eigenvalue weighted by Gasteiger charge is -2.38. The van der Waals surface area contributed by atoms with Gasteiger partial charge >= 0.3 is 0 Å². The molecule has 0 aromatic heterocycles. The molecule has 7 nitrogen and oxygen atoms in total. The Morgan fingerprint density at radius 2 is 1.53 bits per heavy atom. The van der Waals surface area contributed by atoms with E-state index >= 15 is 0 Å². The van der Waals surface area contributed by atoms with Crippen molar-refractivity contribution in [1.29, 1.82) is 0 Å². The van der Waals surface area contributed by atoms with E-state index < -0.39 is 6.04 Å². The van der Waals surface area contributed by atoms with E-state index in [4.69, 9.17) is 14.2 Å². The summed E-state index contributed by atoms with van der Waals surface area (Å²) in [6.45, 7) is 2.99. The zero-order valence-corrected chi connectivity index (χ0v) is 20.9. The molecule has 0 aliphatic carbocycles. The van der Waals surface area contributed by atoms with Crippen LogP contribution < -0.4 is 14.2 Å². The van der Waals surface area contributed by atoms with Gasteiger partial charge in [0.15, 0.2) is 11.5 Å². The van der Waals surface area contributed by atoms with Gasteiger partial charge in [0.25, 0.3) is 0 Å². The van der Waals surface area contributed by atoms with Crippen LogP contribution in [0, 0.1) is 0 Å². The van der Waals surface area contributed by atoms with Gasteiger partial charge in [-0.1, -0.05) is 50.5 Å². The van der Waals surface area contributed by atoms with Crippen LogP contribution in [0.25, 0.3) is 11.1 Å². The Morgan fingerprint density at radius 1 is 0.882 bits per heavy atom. The third-order valence-corrected chi connectivity index (χ3v) is 6.45. The lowest BCUT2D eigenvalue weighted by Crippen LogP contribution is -2.59. The second kappa shape index (κ2) is 11.8. The fourth-order valence-corrected chi connectivity index (χ4v) is 4.35. The average molecular weight is 469 g/mol. The molecule has 34 heavy (non-hydrogen) atoms. The molecule has 1 fully saturated rings. The van der Waals surface area contributed by atoms with Gasteiger partial charge in [-0.05, 0) is 35.2 Å². The quantitative estimate of drug-likeness (QED) is 0.463. The lowest BCUT2D eigenvalue weighted by molar-refractivity contribution is -0.154. The van der Waals surface area contributed by atoms with Crippen molar-refractivity contribution in [2.24, 2.45) is 0 Å². The zero-order valence-electron chi connectivity index (χ0n) is 20.9. The molecule has 1 saturated heterocycles. The summed E-state index contributed by atoms with van der Waals surface area (Å²) in [4.78, 5) is 29.0. The molecule has 0 unspecified atom stereocenters. The number of ether oxygens (including phenoxy) is 3. The maximum atomic E-state index is 13.1. The Balaban J connectivity index is 1.75. The maximum Gasteiger partial charge on any atom is 0.246 e. The molecule has 3 rings (SSSR count). The van der Waals surface area contributed by atoms with Crippen LogP contribution in [-0.4, -0.2) is 69.1 Å². The summed E-state index contributed by atoms with van der Waals surface area (Å²) in [6.07, 6.45) is 4.80. The summed E-state index contributed by atoms with van der Waals surface area (Å²) in [5.74, 6) is 1.76. The molecule has 0 saturated carbocycles. The normalized spacial score (nSPS) is 16.1. The van der Waals surface area contributed by atoms with Gasteiger partial charge in [-0.2, -0.15) is 0 Å². The Kier molecular flexibility index (Phi) is 8.79. The monoisotopic (exact) mass is 468 g/mol. The molecule has 2 aromatic rings. The summed E-state index contributed by atoms with van der Waals surface area (Å²) >= 11 is 0. The van der Waals surface area contributed by atoms with Gasteiger partial charge in [-0.25, -0.2) is 0 Å². The SMILES string of the molecule is CCCCCCN1CC(=O)N(C)[C@H](Cc2ccc(-c3cc(OC)c(OC)c(OC)c3)cc2)C1=O. The highest BCUT2D eigenvalue weighted by atomic mass is 16.5. The van der Waals surface area contributed by atoms with Gasteiger partial charge in [0.2, 0.25) is 17.6 Å². The predicted octanol–water partition coefficient (Wildman–Crippen LogP) is 4.17. The minimum atomic E-state index is -0.473. The molecule has 7 heteroatoms. The van der Waals surface area contributed by atoms with Gasteiger partial charge in [0, 0.05) is 20.0 Å². The fourth-order valence-electron chi connectivity index (χ4n) is 4.35. The smallest absolute Gasteiger partial charge is 0.246 e. The topological polar surface area (TPSA) is 68.3 Å². The van der Waals surface area contributed by atoms with Crippen molar-refractivity contribution in [3.8, 4) is 28.4 Å². The first-order chi connectivity index (χ1) is 16.4. The number of carbonyl (C=O) groups excluding carboxylic acids is 2. The number of amides is 2. The van der Waals surface area contributed by atoms with Crippen molar-refractivity contribution in [3.05, 3.63) is 42.0 Å². The Morgan fingerprint density at radius 3 is 2.09 bits per heavy atom. The second-order valence-corrected chi connectivity index (χ2v) is 8.66. The van der Waals surface area contributed by atoms with Crippen LogP contribution in [0.5, 0.6) is 17.2 Å². The summed E-state index contributed by atoms with van der Waals surface area (Å²) in [5, 5.41) is 0. The van der Waals surface area contributed by atoms with Gasteiger partial charge in [-0.15, -0.1) is 0 Å². The Hall–Kier alpha value is -3.22. The van der Waals surface area contributed by atoms with E-state index in [-0.39, 0.29) is 18.4 Å². The van der Waals surface area contributed by atoms with E-state index in [1.807, 2.05) is 36.4 Å². The summed E-state index contributed by atoms with van der Waals surface area (Å²) in [7, 11) is 6.49. The van der Waals surface area contributed by atoms with Gasteiger partial charge in [0.05, 0.1) is 27.9 Å². The number of benzene rings is 2. The van der Waals surface area contributed by atoms with Gasteiger partial charge in [0.1, 0.15) is 6.04 Å². The number of hydrogen-bond donors (Lipinski definition) is 0. The Bertz CT molecular complexity index is 964. The summed E-state index contributed by atoms with van der Waals surface area (Å²) < 4.78 is 16.3. The van der Waals surface area contributed by atoms with Crippen LogP contribution in [-0.2, 0) is 16.0 Å². The third kappa shape index (κ3) is 5.64. The van der Waals surface area contributed by atoms with E-state index in [0.717, 1.165) is 42.4 Å². The number of unbranched alkanes of at least 4 members (excludes halogenated alkanes) is 3. The number of carbonyl (C=O) groups is 2. The molecule has 1 aliphatic heterocycles. The maximum absolute atomic E-state index is 13.1. The second-order valence-electron chi connectivity index (χ2n) is 8.66. The summed E-state index contributed by atoms with van der Waals surface area (Å²) in [5.41, 5.74) is 2.92. The highest BCUT2D eigenvalue weighted by Gasteiger charge is 2.36. The minimum Gasteiger partial charge on any atom is -0.493 e. The number of methoxy groups -OCH3 is 3. The van der Waals surface area contributed by atoms with Crippen LogP contribution in [0.4, 0.5) is 0 Å². The molecular formula is C27H36N2O5. The highest BCUT2D eigenvalue weighted by molar-refractivity contribution is 5.95. The Labute approximate surface area is 202 Å². The molecule has 0 spiro atoms. The molecule has 0 bridgehead atoms.